The minimum Gasteiger partial charge on any atom is -0.462 e. The first kappa shape index (κ1) is 15.1. The van der Waals surface area contributed by atoms with Gasteiger partial charge in [-0.3, -0.25) is 0 Å². The highest BCUT2D eigenvalue weighted by atomic mass is 16.5. The Morgan fingerprint density at radius 2 is 1.84 bits per heavy atom. The molecule has 3 heterocycles. The van der Waals surface area contributed by atoms with Crippen LogP contribution >= 0.6 is 0 Å². The summed E-state index contributed by atoms with van der Waals surface area (Å²) in [5.41, 5.74) is 2.22. The van der Waals surface area contributed by atoms with E-state index in [-0.39, 0.29) is 12.0 Å². The maximum atomic E-state index is 12.4. The van der Waals surface area contributed by atoms with Gasteiger partial charge >= 0.3 is 12.0 Å². The predicted octanol–water partition coefficient (Wildman–Crippen LogP) is 3.85. The van der Waals surface area contributed by atoms with Gasteiger partial charge < -0.3 is 13.9 Å². The molecule has 124 valence electrons. The molecule has 0 aliphatic rings. The average molecular weight is 333 g/mol. The highest BCUT2D eigenvalue weighted by molar-refractivity contribution is 6.11. The minimum atomic E-state index is -0.332. The van der Waals surface area contributed by atoms with Crippen LogP contribution in [-0.4, -0.2) is 26.9 Å². The van der Waals surface area contributed by atoms with E-state index in [9.17, 15) is 4.79 Å². The molecule has 6 nitrogen and oxygen atoms in total. The molecular formula is C19H15N3O3. The highest BCUT2D eigenvalue weighted by Gasteiger charge is 2.19. The van der Waals surface area contributed by atoms with Crippen molar-refractivity contribution in [3.05, 3.63) is 66.6 Å². The minimum absolute atomic E-state index is 0.268. The van der Waals surface area contributed by atoms with Crippen LogP contribution in [0.25, 0.3) is 16.4 Å². The van der Waals surface area contributed by atoms with Crippen LogP contribution in [0.15, 0.2) is 61.1 Å². The lowest BCUT2D eigenvalue weighted by molar-refractivity contribution is 0.0531. The number of benzene rings is 1. The van der Waals surface area contributed by atoms with Crippen molar-refractivity contribution in [3.8, 4) is 11.8 Å². The number of nitrogens with zero attached hydrogens (tertiary/aromatic N) is 3. The van der Waals surface area contributed by atoms with E-state index in [2.05, 4.69) is 9.97 Å². The normalized spacial score (nSPS) is 10.9. The maximum Gasteiger partial charge on any atom is 0.340 e. The van der Waals surface area contributed by atoms with Gasteiger partial charge in [-0.15, -0.1) is 0 Å². The van der Waals surface area contributed by atoms with E-state index in [1.165, 1.54) is 0 Å². The van der Waals surface area contributed by atoms with Crippen molar-refractivity contribution in [1.29, 1.82) is 0 Å². The molecule has 0 aliphatic heterocycles. The third-order valence-corrected chi connectivity index (χ3v) is 3.84. The molecule has 0 aliphatic carbocycles. The Bertz CT molecular complexity index is 1060. The second kappa shape index (κ2) is 6.24. The van der Waals surface area contributed by atoms with Crippen LogP contribution in [0.1, 0.15) is 17.3 Å². The monoisotopic (exact) mass is 333 g/mol. The third kappa shape index (κ3) is 2.67. The molecule has 4 aromatic rings. The van der Waals surface area contributed by atoms with Gasteiger partial charge in [0.05, 0.1) is 29.4 Å². The van der Waals surface area contributed by atoms with Crippen LogP contribution in [0.4, 0.5) is 0 Å². The van der Waals surface area contributed by atoms with E-state index in [1.807, 2.05) is 40.9 Å². The Morgan fingerprint density at radius 3 is 2.64 bits per heavy atom. The molecule has 0 saturated carbocycles. The standard InChI is InChI=1S/C19H15N3O3/c1-2-24-18(23)17-14-6-3-4-7-15(14)22-12-13(8-9-16(17)22)25-19-20-10-5-11-21-19/h3-12H,2H2,1H3. The summed E-state index contributed by atoms with van der Waals surface area (Å²) in [6.07, 6.45) is 5.05. The van der Waals surface area contributed by atoms with Gasteiger partial charge in [0.1, 0.15) is 5.75 Å². The smallest absolute Gasteiger partial charge is 0.340 e. The van der Waals surface area contributed by atoms with E-state index in [0.717, 1.165) is 16.4 Å². The predicted molar refractivity (Wildman–Crippen MR) is 93.0 cm³/mol. The number of carbonyl (C=O) groups excluding carboxylic acids is 1. The lowest BCUT2D eigenvalue weighted by Crippen LogP contribution is -2.04. The highest BCUT2D eigenvalue weighted by Crippen LogP contribution is 2.30. The topological polar surface area (TPSA) is 65.7 Å². The van der Waals surface area contributed by atoms with Crippen LogP contribution in [-0.2, 0) is 4.74 Å². The summed E-state index contributed by atoms with van der Waals surface area (Å²) in [5.74, 6) is 0.246. The van der Waals surface area contributed by atoms with Crippen molar-refractivity contribution in [3.63, 3.8) is 0 Å². The zero-order valence-electron chi connectivity index (χ0n) is 13.5. The van der Waals surface area contributed by atoms with Gasteiger partial charge in [-0.2, -0.15) is 0 Å². The van der Waals surface area contributed by atoms with Gasteiger partial charge in [0.25, 0.3) is 0 Å². The van der Waals surface area contributed by atoms with Gasteiger partial charge in [-0.05, 0) is 31.2 Å². The van der Waals surface area contributed by atoms with Gasteiger partial charge in [0, 0.05) is 17.8 Å². The largest absolute Gasteiger partial charge is 0.462 e. The van der Waals surface area contributed by atoms with E-state index < -0.39 is 0 Å². The zero-order valence-corrected chi connectivity index (χ0v) is 13.5. The SMILES string of the molecule is CCOC(=O)c1c2ccccc2n2cc(Oc3ncccn3)ccc12. The summed E-state index contributed by atoms with van der Waals surface area (Å²) in [6, 6.07) is 13.3. The lowest BCUT2D eigenvalue weighted by atomic mass is 10.1. The molecule has 0 radical (unpaired) electrons. The fourth-order valence-corrected chi connectivity index (χ4v) is 2.84. The van der Waals surface area contributed by atoms with Crippen molar-refractivity contribution in [2.75, 3.05) is 6.61 Å². The molecule has 0 saturated heterocycles. The fraction of sp³-hybridized carbons (Fsp3) is 0.105. The molecule has 0 fully saturated rings. The fourth-order valence-electron chi connectivity index (χ4n) is 2.84. The number of hydrogen-bond acceptors (Lipinski definition) is 5. The summed E-state index contributed by atoms with van der Waals surface area (Å²) >= 11 is 0. The van der Waals surface area contributed by atoms with Crippen molar-refractivity contribution >= 4 is 22.4 Å². The number of ether oxygens (including phenoxy) is 2. The number of pyridine rings is 1. The van der Waals surface area contributed by atoms with Crippen LogP contribution in [0.2, 0.25) is 0 Å². The van der Waals surface area contributed by atoms with E-state index >= 15 is 0 Å². The zero-order chi connectivity index (χ0) is 17.2. The molecular weight excluding hydrogens is 318 g/mol. The Kier molecular flexibility index (Phi) is 3.78. The molecule has 1 aromatic carbocycles. The first-order chi connectivity index (χ1) is 12.3. The van der Waals surface area contributed by atoms with E-state index in [0.29, 0.717) is 17.9 Å². The molecule has 3 aromatic heterocycles. The second-order valence-corrected chi connectivity index (χ2v) is 5.37. The molecule has 0 amide bonds. The average Bonchev–Trinajstić information content (AvgIpc) is 2.97. The number of rotatable bonds is 4. The molecule has 0 spiro atoms. The Hall–Kier alpha value is -3.41. The molecule has 0 bridgehead atoms. The molecule has 25 heavy (non-hydrogen) atoms. The van der Waals surface area contributed by atoms with Crippen LogP contribution < -0.4 is 4.74 Å². The molecule has 4 rings (SSSR count). The van der Waals surface area contributed by atoms with Crippen molar-refractivity contribution in [2.45, 2.75) is 6.92 Å². The number of esters is 1. The van der Waals surface area contributed by atoms with E-state index in [1.54, 1.807) is 31.5 Å². The number of hydrogen-bond donors (Lipinski definition) is 0. The number of para-hydroxylation sites is 1. The van der Waals surface area contributed by atoms with Crippen molar-refractivity contribution in [1.82, 2.24) is 14.4 Å². The first-order valence-electron chi connectivity index (χ1n) is 7.92. The van der Waals surface area contributed by atoms with Gasteiger partial charge in [0.2, 0.25) is 0 Å². The van der Waals surface area contributed by atoms with Gasteiger partial charge in [-0.1, -0.05) is 18.2 Å². The number of fused-ring (bicyclic) bond motifs is 3. The molecule has 0 unspecified atom stereocenters. The van der Waals surface area contributed by atoms with Crippen molar-refractivity contribution in [2.24, 2.45) is 0 Å². The van der Waals surface area contributed by atoms with Gasteiger partial charge in [-0.25, -0.2) is 14.8 Å². The maximum absolute atomic E-state index is 12.4. The summed E-state index contributed by atoms with van der Waals surface area (Å²) in [5, 5.41) is 0.842. The van der Waals surface area contributed by atoms with Gasteiger partial charge in [0.15, 0.2) is 0 Å². The molecule has 0 N–H and O–H groups in total. The quantitative estimate of drug-likeness (QED) is 0.531. The van der Waals surface area contributed by atoms with Crippen LogP contribution in [0, 0.1) is 0 Å². The first-order valence-corrected chi connectivity index (χ1v) is 7.92. The molecule has 6 heteroatoms. The Balaban J connectivity index is 1.88. The Morgan fingerprint density at radius 1 is 1.04 bits per heavy atom. The van der Waals surface area contributed by atoms with Crippen LogP contribution in [0.5, 0.6) is 11.8 Å². The molecule has 0 atom stereocenters. The third-order valence-electron chi connectivity index (χ3n) is 3.84. The van der Waals surface area contributed by atoms with Crippen LogP contribution in [0.3, 0.4) is 0 Å². The summed E-state index contributed by atoms with van der Waals surface area (Å²) in [7, 11) is 0. The summed E-state index contributed by atoms with van der Waals surface area (Å²) < 4.78 is 12.8. The van der Waals surface area contributed by atoms with Crippen molar-refractivity contribution < 1.29 is 14.3 Å². The number of carbonyl (C=O) groups is 1. The summed E-state index contributed by atoms with van der Waals surface area (Å²) in [6.45, 7) is 2.13. The lowest BCUT2D eigenvalue weighted by Gasteiger charge is -2.05. The van der Waals surface area contributed by atoms with E-state index in [4.69, 9.17) is 9.47 Å². The second-order valence-electron chi connectivity index (χ2n) is 5.37. The summed E-state index contributed by atoms with van der Waals surface area (Å²) in [4.78, 5) is 20.5. The number of aromatic nitrogens is 3. The Labute approximate surface area is 143 Å².